The first-order valence-corrected chi connectivity index (χ1v) is 11.3. The lowest BCUT2D eigenvalue weighted by Crippen LogP contribution is -2.40. The molecule has 2 aromatic carbocycles. The monoisotopic (exact) mass is 442 g/mol. The molecule has 0 aliphatic heterocycles. The van der Waals surface area contributed by atoms with Crippen molar-refractivity contribution in [2.24, 2.45) is 0 Å². The first-order valence-electron chi connectivity index (χ1n) is 10.9. The number of rotatable bonds is 7. The van der Waals surface area contributed by atoms with Crippen molar-refractivity contribution < 1.29 is 9.84 Å². The van der Waals surface area contributed by atoms with Crippen molar-refractivity contribution in [3.63, 3.8) is 0 Å². The summed E-state index contributed by atoms with van der Waals surface area (Å²) in [6, 6.07) is 14.6. The van der Waals surface area contributed by atoms with Gasteiger partial charge in [0.15, 0.2) is 5.11 Å². The van der Waals surface area contributed by atoms with E-state index in [0.717, 1.165) is 16.7 Å². The molecule has 2 aromatic rings. The van der Waals surface area contributed by atoms with E-state index in [-0.39, 0.29) is 10.8 Å². The van der Waals surface area contributed by atoms with Gasteiger partial charge >= 0.3 is 0 Å². The lowest BCUT2D eigenvalue weighted by molar-refractivity contribution is 0.202. The van der Waals surface area contributed by atoms with Crippen LogP contribution in [-0.2, 0) is 28.7 Å². The third-order valence-electron chi connectivity index (χ3n) is 5.25. The van der Waals surface area contributed by atoms with Crippen LogP contribution in [0, 0.1) is 0 Å². The Balaban J connectivity index is 2.43. The second kappa shape index (κ2) is 10.5. The summed E-state index contributed by atoms with van der Waals surface area (Å²) in [5.41, 5.74) is 3.94. The van der Waals surface area contributed by atoms with Crippen molar-refractivity contribution in [1.29, 1.82) is 0 Å². The lowest BCUT2D eigenvalue weighted by Gasteiger charge is -2.31. The van der Waals surface area contributed by atoms with E-state index >= 15 is 0 Å². The zero-order chi connectivity index (χ0) is 23.2. The summed E-state index contributed by atoms with van der Waals surface area (Å²) in [6.07, 6.45) is 0. The Kier molecular flexibility index (Phi) is 8.49. The minimum atomic E-state index is -0.165. The van der Waals surface area contributed by atoms with Gasteiger partial charge in [0, 0.05) is 26.7 Å². The maximum atomic E-state index is 11.0. The highest BCUT2D eigenvalue weighted by molar-refractivity contribution is 7.80. The van der Waals surface area contributed by atoms with Crippen LogP contribution in [0.5, 0.6) is 5.75 Å². The van der Waals surface area contributed by atoms with E-state index in [4.69, 9.17) is 17.0 Å². The molecule has 0 aliphatic rings. The maximum Gasteiger partial charge on any atom is 0.169 e. The van der Waals surface area contributed by atoms with E-state index in [1.54, 1.807) is 7.11 Å². The molecule has 0 spiro atoms. The van der Waals surface area contributed by atoms with Crippen molar-refractivity contribution >= 4 is 17.3 Å². The highest BCUT2D eigenvalue weighted by Crippen LogP contribution is 2.40. The largest absolute Gasteiger partial charge is 0.507 e. The van der Waals surface area contributed by atoms with Gasteiger partial charge in [-0.1, -0.05) is 71.9 Å². The summed E-state index contributed by atoms with van der Waals surface area (Å²) in [7, 11) is 1.69. The van der Waals surface area contributed by atoms with Crippen LogP contribution in [0.2, 0.25) is 0 Å². The van der Waals surface area contributed by atoms with Crippen molar-refractivity contribution in [2.45, 2.75) is 65.5 Å². The molecule has 5 heteroatoms. The lowest BCUT2D eigenvalue weighted by atomic mass is 9.78. The Morgan fingerprint density at radius 1 is 0.935 bits per heavy atom. The van der Waals surface area contributed by atoms with Crippen LogP contribution >= 0.6 is 12.2 Å². The number of benzene rings is 2. The molecule has 0 amide bonds. The number of hydrogen-bond donors (Lipinski definition) is 2. The fourth-order valence-corrected chi connectivity index (χ4v) is 3.76. The Labute approximate surface area is 193 Å². The van der Waals surface area contributed by atoms with Gasteiger partial charge in [-0.05, 0) is 57.4 Å². The topological polar surface area (TPSA) is 44.7 Å². The first kappa shape index (κ1) is 25.2. The van der Waals surface area contributed by atoms with E-state index in [0.29, 0.717) is 37.1 Å². The van der Waals surface area contributed by atoms with Crippen LogP contribution in [0.1, 0.15) is 63.8 Å². The molecule has 0 fully saturated rings. The molecule has 0 atom stereocenters. The zero-order valence-corrected chi connectivity index (χ0v) is 20.9. The van der Waals surface area contributed by atoms with Gasteiger partial charge in [-0.15, -0.1) is 0 Å². The Morgan fingerprint density at radius 2 is 1.45 bits per heavy atom. The number of thiocarbonyl (C=S) groups is 1. The van der Waals surface area contributed by atoms with Gasteiger partial charge in [-0.3, -0.25) is 0 Å². The third kappa shape index (κ3) is 7.22. The van der Waals surface area contributed by atoms with E-state index in [1.165, 1.54) is 5.56 Å². The van der Waals surface area contributed by atoms with E-state index in [9.17, 15) is 5.11 Å². The van der Waals surface area contributed by atoms with E-state index in [2.05, 4.69) is 76.0 Å². The molecule has 2 rings (SSSR count). The normalized spacial score (nSPS) is 12.0. The van der Waals surface area contributed by atoms with Crippen LogP contribution in [0.15, 0.2) is 42.5 Å². The smallest absolute Gasteiger partial charge is 0.169 e. The molecule has 31 heavy (non-hydrogen) atoms. The summed E-state index contributed by atoms with van der Waals surface area (Å²) in [5, 5.41) is 15.0. The van der Waals surface area contributed by atoms with E-state index in [1.807, 2.05) is 18.2 Å². The number of phenolic OH excluding ortho intramolecular Hbond substituents is 1. The summed E-state index contributed by atoms with van der Waals surface area (Å²) in [5.74, 6) is 0.402. The molecule has 0 saturated carbocycles. The second-order valence-corrected chi connectivity index (χ2v) is 10.5. The Morgan fingerprint density at radius 3 is 1.94 bits per heavy atom. The Hall–Kier alpha value is -2.11. The van der Waals surface area contributed by atoms with Gasteiger partial charge in [0.2, 0.25) is 0 Å². The van der Waals surface area contributed by atoms with Crippen molar-refractivity contribution in [1.82, 2.24) is 10.2 Å². The average molecular weight is 443 g/mol. The van der Waals surface area contributed by atoms with Gasteiger partial charge in [-0.2, -0.15) is 0 Å². The Bertz CT molecular complexity index is 832. The third-order valence-corrected chi connectivity index (χ3v) is 5.65. The highest BCUT2D eigenvalue weighted by atomic mass is 32.1. The van der Waals surface area contributed by atoms with E-state index < -0.39 is 0 Å². The first-order chi connectivity index (χ1) is 14.4. The SMILES string of the molecule is COCCNC(=S)N(Cc1ccccc1)Cc1cc(C(C)(C)C)c(O)c(C(C)(C)C)c1. The van der Waals surface area contributed by atoms with Crippen molar-refractivity contribution in [2.75, 3.05) is 20.3 Å². The van der Waals surface area contributed by atoms with Gasteiger partial charge in [0.1, 0.15) is 5.75 Å². The average Bonchev–Trinajstić information content (AvgIpc) is 2.67. The molecule has 0 aliphatic carbocycles. The molecule has 2 N–H and O–H groups in total. The van der Waals surface area contributed by atoms with Crippen LogP contribution in [0.3, 0.4) is 0 Å². The van der Waals surface area contributed by atoms with Crippen molar-refractivity contribution in [3.8, 4) is 5.75 Å². The zero-order valence-electron chi connectivity index (χ0n) is 20.1. The number of methoxy groups -OCH3 is 1. The molecule has 0 heterocycles. The van der Waals surface area contributed by atoms with Gasteiger partial charge in [-0.25, -0.2) is 0 Å². The number of ether oxygens (including phenoxy) is 1. The van der Waals surface area contributed by atoms with Crippen LogP contribution in [0.4, 0.5) is 0 Å². The van der Waals surface area contributed by atoms with Crippen LogP contribution in [-0.4, -0.2) is 35.4 Å². The molecular formula is C26H38N2O2S. The molecule has 0 saturated heterocycles. The molecule has 0 radical (unpaired) electrons. The molecule has 0 unspecified atom stereocenters. The fraction of sp³-hybridized carbons (Fsp3) is 0.500. The summed E-state index contributed by atoms with van der Waals surface area (Å²) in [4.78, 5) is 2.17. The van der Waals surface area contributed by atoms with Gasteiger partial charge < -0.3 is 20.1 Å². The number of nitrogens with zero attached hydrogens (tertiary/aromatic N) is 1. The summed E-state index contributed by atoms with van der Waals surface area (Å²) >= 11 is 5.74. The van der Waals surface area contributed by atoms with Gasteiger partial charge in [0.25, 0.3) is 0 Å². The minimum absolute atomic E-state index is 0.165. The van der Waals surface area contributed by atoms with Crippen molar-refractivity contribution in [3.05, 3.63) is 64.7 Å². The predicted molar refractivity (Wildman–Crippen MR) is 134 cm³/mol. The molecule has 170 valence electrons. The minimum Gasteiger partial charge on any atom is -0.507 e. The molecule has 4 nitrogen and oxygen atoms in total. The number of hydrogen-bond acceptors (Lipinski definition) is 3. The van der Waals surface area contributed by atoms with Crippen LogP contribution in [0.25, 0.3) is 0 Å². The second-order valence-electron chi connectivity index (χ2n) is 10.1. The number of nitrogens with one attached hydrogen (secondary N) is 1. The molecule has 0 bridgehead atoms. The van der Waals surface area contributed by atoms with Crippen LogP contribution < -0.4 is 5.32 Å². The standard InChI is InChI=1S/C26H38N2O2S/c1-25(2,3)21-15-20(16-22(23(21)29)26(4,5)6)18-28(24(31)27-13-14-30-7)17-19-11-9-8-10-12-19/h8-12,15-16,29H,13-14,17-18H2,1-7H3,(H,27,31). The number of phenols is 1. The maximum absolute atomic E-state index is 11.0. The fourth-order valence-electron chi connectivity index (χ4n) is 3.52. The highest BCUT2D eigenvalue weighted by Gasteiger charge is 2.27. The summed E-state index contributed by atoms with van der Waals surface area (Å²) < 4.78 is 5.16. The number of aromatic hydroxyl groups is 1. The predicted octanol–water partition coefficient (Wildman–Crippen LogP) is 5.51. The molecular weight excluding hydrogens is 404 g/mol. The quantitative estimate of drug-likeness (QED) is 0.437. The van der Waals surface area contributed by atoms with Gasteiger partial charge in [0.05, 0.1) is 6.61 Å². The molecule has 0 aromatic heterocycles. The summed E-state index contributed by atoms with van der Waals surface area (Å²) in [6.45, 7) is 15.4.